The van der Waals surface area contributed by atoms with Crippen LogP contribution in [0.5, 0.6) is 0 Å². The second-order valence-electron chi connectivity index (χ2n) is 7.49. The van der Waals surface area contributed by atoms with Gasteiger partial charge >= 0.3 is 0 Å². The van der Waals surface area contributed by atoms with Crippen molar-refractivity contribution in [2.24, 2.45) is 0 Å². The van der Waals surface area contributed by atoms with E-state index in [2.05, 4.69) is 36.5 Å². The molecule has 1 aliphatic rings. The number of nitrogens with zero attached hydrogens (tertiary/aromatic N) is 2. The van der Waals surface area contributed by atoms with Gasteiger partial charge < -0.3 is 10.6 Å². The zero-order chi connectivity index (χ0) is 18.0. The molecule has 1 atom stereocenters. The molecular formula is C19H25ClN4O. The van der Waals surface area contributed by atoms with Crippen LogP contribution in [0.1, 0.15) is 44.0 Å². The number of hydrogen-bond donors (Lipinski definition) is 2. The Bertz CT molecular complexity index is 757. The van der Waals surface area contributed by atoms with Crippen molar-refractivity contribution >= 4 is 17.5 Å². The van der Waals surface area contributed by atoms with Crippen molar-refractivity contribution in [2.45, 2.75) is 45.2 Å². The van der Waals surface area contributed by atoms with Gasteiger partial charge in [0.25, 0.3) is 5.91 Å². The SMILES string of the molecule is CC(C)(C)n1cc(C(=O)NCC2CCCN2)c(-c2ccccc2Cl)n1. The normalized spacial score (nSPS) is 17.7. The van der Waals surface area contributed by atoms with Gasteiger partial charge in [-0.1, -0.05) is 29.8 Å². The third-order valence-corrected chi connectivity index (χ3v) is 4.78. The maximum Gasteiger partial charge on any atom is 0.255 e. The Hall–Kier alpha value is -1.85. The van der Waals surface area contributed by atoms with Gasteiger partial charge in [0, 0.05) is 24.3 Å². The number of amides is 1. The molecule has 0 aliphatic carbocycles. The van der Waals surface area contributed by atoms with Crippen molar-refractivity contribution in [3.05, 3.63) is 41.0 Å². The number of benzene rings is 1. The molecule has 134 valence electrons. The maximum absolute atomic E-state index is 12.8. The van der Waals surface area contributed by atoms with Crippen molar-refractivity contribution in [2.75, 3.05) is 13.1 Å². The lowest BCUT2D eigenvalue weighted by Crippen LogP contribution is -2.37. The molecular weight excluding hydrogens is 336 g/mol. The lowest BCUT2D eigenvalue weighted by Gasteiger charge is -2.18. The molecule has 6 heteroatoms. The van der Waals surface area contributed by atoms with Crippen LogP contribution in [-0.2, 0) is 5.54 Å². The Morgan fingerprint density at radius 1 is 1.40 bits per heavy atom. The van der Waals surface area contributed by atoms with Gasteiger partial charge in [-0.3, -0.25) is 9.48 Å². The molecule has 3 rings (SSSR count). The van der Waals surface area contributed by atoms with E-state index >= 15 is 0 Å². The minimum Gasteiger partial charge on any atom is -0.350 e. The second kappa shape index (κ2) is 7.18. The van der Waals surface area contributed by atoms with E-state index in [1.54, 1.807) is 0 Å². The third kappa shape index (κ3) is 4.05. The summed E-state index contributed by atoms with van der Waals surface area (Å²) >= 11 is 6.35. The fourth-order valence-electron chi connectivity index (χ4n) is 2.98. The van der Waals surface area contributed by atoms with Gasteiger partial charge in [-0.2, -0.15) is 5.10 Å². The van der Waals surface area contributed by atoms with Crippen molar-refractivity contribution in [1.82, 2.24) is 20.4 Å². The van der Waals surface area contributed by atoms with Gasteiger partial charge in [-0.25, -0.2) is 0 Å². The number of aromatic nitrogens is 2. The number of halogens is 1. The van der Waals surface area contributed by atoms with Gasteiger partial charge in [-0.05, 0) is 46.2 Å². The highest BCUT2D eigenvalue weighted by molar-refractivity contribution is 6.33. The highest BCUT2D eigenvalue weighted by atomic mass is 35.5. The Morgan fingerprint density at radius 3 is 2.80 bits per heavy atom. The Balaban J connectivity index is 1.92. The van der Waals surface area contributed by atoms with E-state index < -0.39 is 0 Å². The zero-order valence-corrected chi connectivity index (χ0v) is 15.7. The number of carbonyl (C=O) groups excluding carboxylic acids is 1. The van der Waals surface area contributed by atoms with Crippen LogP contribution in [0.3, 0.4) is 0 Å². The molecule has 5 nitrogen and oxygen atoms in total. The molecule has 1 aromatic heterocycles. The minimum atomic E-state index is -0.221. The standard InChI is InChI=1S/C19H25ClN4O/c1-19(2,3)24-12-15(18(25)22-11-13-7-6-10-21-13)17(23-24)14-8-4-5-9-16(14)20/h4-5,8-9,12-13,21H,6-7,10-11H2,1-3H3,(H,22,25). The second-order valence-corrected chi connectivity index (χ2v) is 7.90. The molecule has 1 saturated heterocycles. The quantitative estimate of drug-likeness (QED) is 0.878. The molecule has 1 aromatic carbocycles. The first-order valence-electron chi connectivity index (χ1n) is 8.73. The molecule has 1 amide bonds. The molecule has 0 bridgehead atoms. The summed E-state index contributed by atoms with van der Waals surface area (Å²) in [4.78, 5) is 12.8. The summed E-state index contributed by atoms with van der Waals surface area (Å²) in [5.41, 5.74) is 1.73. The summed E-state index contributed by atoms with van der Waals surface area (Å²) in [6, 6.07) is 7.84. The number of nitrogens with one attached hydrogen (secondary N) is 2. The zero-order valence-electron chi connectivity index (χ0n) is 15.0. The Kier molecular flexibility index (Phi) is 5.16. The fraction of sp³-hybridized carbons (Fsp3) is 0.474. The van der Waals surface area contributed by atoms with Gasteiger partial charge in [0.05, 0.1) is 16.1 Å². The molecule has 0 spiro atoms. The molecule has 1 fully saturated rings. The van der Waals surface area contributed by atoms with Gasteiger partial charge in [0.15, 0.2) is 0 Å². The summed E-state index contributed by atoms with van der Waals surface area (Å²) in [5.74, 6) is -0.112. The summed E-state index contributed by atoms with van der Waals surface area (Å²) in [5, 5.41) is 11.7. The van der Waals surface area contributed by atoms with Crippen LogP contribution >= 0.6 is 11.6 Å². The van der Waals surface area contributed by atoms with Crippen molar-refractivity contribution in [1.29, 1.82) is 0 Å². The summed E-state index contributed by atoms with van der Waals surface area (Å²) < 4.78 is 1.83. The average molecular weight is 361 g/mol. The fourth-order valence-corrected chi connectivity index (χ4v) is 3.20. The van der Waals surface area contributed by atoms with E-state index in [0.717, 1.165) is 24.9 Å². The van der Waals surface area contributed by atoms with Gasteiger partial charge in [0.1, 0.15) is 5.69 Å². The van der Waals surface area contributed by atoms with Gasteiger partial charge in [-0.15, -0.1) is 0 Å². The molecule has 2 aromatic rings. The first-order valence-corrected chi connectivity index (χ1v) is 9.10. The molecule has 0 saturated carbocycles. The molecule has 2 heterocycles. The summed E-state index contributed by atoms with van der Waals surface area (Å²) in [6.45, 7) is 7.82. The first kappa shape index (κ1) is 18.0. The topological polar surface area (TPSA) is 59.0 Å². The molecule has 2 N–H and O–H groups in total. The molecule has 0 radical (unpaired) electrons. The van der Waals surface area contributed by atoms with Crippen LogP contribution in [0.15, 0.2) is 30.5 Å². The molecule has 1 aliphatic heterocycles. The van der Waals surface area contributed by atoms with Crippen LogP contribution in [0, 0.1) is 0 Å². The van der Waals surface area contributed by atoms with Crippen LogP contribution < -0.4 is 10.6 Å². The van der Waals surface area contributed by atoms with E-state index in [4.69, 9.17) is 11.6 Å². The number of carbonyl (C=O) groups is 1. The van der Waals surface area contributed by atoms with E-state index in [1.807, 2.05) is 35.1 Å². The number of hydrogen-bond acceptors (Lipinski definition) is 3. The first-order chi connectivity index (χ1) is 11.9. The highest BCUT2D eigenvalue weighted by Gasteiger charge is 2.24. The smallest absolute Gasteiger partial charge is 0.255 e. The van der Waals surface area contributed by atoms with E-state index in [-0.39, 0.29) is 11.4 Å². The van der Waals surface area contributed by atoms with E-state index in [0.29, 0.717) is 28.9 Å². The average Bonchev–Trinajstić information content (AvgIpc) is 3.22. The van der Waals surface area contributed by atoms with Crippen LogP contribution in [0.4, 0.5) is 0 Å². The monoisotopic (exact) mass is 360 g/mol. The lowest BCUT2D eigenvalue weighted by molar-refractivity contribution is 0.0950. The minimum absolute atomic E-state index is 0.112. The largest absolute Gasteiger partial charge is 0.350 e. The van der Waals surface area contributed by atoms with Crippen molar-refractivity contribution in [3.8, 4) is 11.3 Å². The Labute approximate surface area is 153 Å². The van der Waals surface area contributed by atoms with Crippen molar-refractivity contribution in [3.63, 3.8) is 0 Å². The highest BCUT2D eigenvalue weighted by Crippen LogP contribution is 2.30. The van der Waals surface area contributed by atoms with Gasteiger partial charge in [0.2, 0.25) is 0 Å². The Morgan fingerprint density at radius 2 is 2.16 bits per heavy atom. The van der Waals surface area contributed by atoms with Crippen LogP contribution in [-0.4, -0.2) is 34.8 Å². The number of rotatable bonds is 4. The third-order valence-electron chi connectivity index (χ3n) is 4.45. The van der Waals surface area contributed by atoms with E-state index in [9.17, 15) is 4.79 Å². The van der Waals surface area contributed by atoms with Crippen LogP contribution in [0.25, 0.3) is 11.3 Å². The van der Waals surface area contributed by atoms with Crippen molar-refractivity contribution < 1.29 is 4.79 Å². The maximum atomic E-state index is 12.8. The lowest BCUT2D eigenvalue weighted by atomic mass is 10.1. The molecule has 25 heavy (non-hydrogen) atoms. The predicted octanol–water partition coefficient (Wildman–Crippen LogP) is 3.44. The summed E-state index contributed by atoms with van der Waals surface area (Å²) in [7, 11) is 0. The molecule has 1 unspecified atom stereocenters. The predicted molar refractivity (Wildman–Crippen MR) is 101 cm³/mol. The van der Waals surface area contributed by atoms with Crippen LogP contribution in [0.2, 0.25) is 5.02 Å². The summed E-state index contributed by atoms with van der Waals surface area (Å²) in [6.07, 6.45) is 4.07. The van der Waals surface area contributed by atoms with E-state index in [1.165, 1.54) is 0 Å².